The highest BCUT2D eigenvalue weighted by atomic mass is 15.2. The average Bonchev–Trinajstić information content (AvgIpc) is 2.55. The van der Waals surface area contributed by atoms with Crippen molar-refractivity contribution in [2.75, 3.05) is 26.2 Å². The molecule has 0 aromatic heterocycles. The maximum Gasteiger partial charge on any atom is 0.0605 e. The Morgan fingerprint density at radius 2 is 1.50 bits per heavy atom. The van der Waals surface area contributed by atoms with Crippen molar-refractivity contribution in [1.82, 2.24) is 10.2 Å². The molecule has 0 saturated carbocycles. The van der Waals surface area contributed by atoms with Crippen LogP contribution in [0.4, 0.5) is 0 Å². The number of hydrogen-bond acceptors (Lipinski definition) is 2. The highest BCUT2D eigenvalue weighted by Crippen LogP contribution is 2.32. The summed E-state index contributed by atoms with van der Waals surface area (Å²) in [6, 6.07) is 16.0. The highest BCUT2D eigenvalue weighted by molar-refractivity contribution is 5.42. The van der Waals surface area contributed by atoms with Crippen molar-refractivity contribution in [3.05, 3.63) is 70.3 Å². The van der Waals surface area contributed by atoms with E-state index in [1.807, 2.05) is 0 Å². The Labute approximate surface area is 134 Å². The molecule has 1 saturated heterocycles. The van der Waals surface area contributed by atoms with Gasteiger partial charge in [0.25, 0.3) is 0 Å². The lowest BCUT2D eigenvalue weighted by Gasteiger charge is -2.36. The molecule has 1 heterocycles. The minimum absolute atomic E-state index is 0.364. The molecule has 22 heavy (non-hydrogen) atoms. The Balaban J connectivity index is 2.07. The SMILES string of the molecule is Cc1cc(C)c(C(c2ccccc2)N2CCNCC2)cc1C. The number of nitrogens with zero attached hydrogens (tertiary/aromatic N) is 1. The second-order valence-electron chi connectivity index (χ2n) is 6.39. The Morgan fingerprint density at radius 1 is 0.864 bits per heavy atom. The topological polar surface area (TPSA) is 15.3 Å². The first-order valence-electron chi connectivity index (χ1n) is 8.24. The standard InChI is InChI=1S/C20H26N2/c1-15-13-17(3)19(14-16(15)2)20(18-7-5-4-6-8-18)22-11-9-21-10-12-22/h4-8,13-14,20-21H,9-12H2,1-3H3. The lowest BCUT2D eigenvalue weighted by atomic mass is 9.90. The largest absolute Gasteiger partial charge is 0.314 e. The van der Waals surface area contributed by atoms with Crippen LogP contribution in [0.25, 0.3) is 0 Å². The van der Waals surface area contributed by atoms with Crippen LogP contribution in [0, 0.1) is 20.8 Å². The molecule has 0 amide bonds. The van der Waals surface area contributed by atoms with Crippen molar-refractivity contribution in [2.24, 2.45) is 0 Å². The zero-order valence-corrected chi connectivity index (χ0v) is 13.9. The maximum absolute atomic E-state index is 3.47. The first-order valence-corrected chi connectivity index (χ1v) is 8.24. The van der Waals surface area contributed by atoms with Crippen LogP contribution in [0.1, 0.15) is 33.9 Å². The summed E-state index contributed by atoms with van der Waals surface area (Å²) in [7, 11) is 0. The van der Waals surface area contributed by atoms with Crippen molar-refractivity contribution >= 4 is 0 Å². The number of rotatable bonds is 3. The number of hydrogen-bond donors (Lipinski definition) is 1. The van der Waals surface area contributed by atoms with Crippen molar-refractivity contribution in [2.45, 2.75) is 26.8 Å². The van der Waals surface area contributed by atoms with E-state index in [0.717, 1.165) is 26.2 Å². The van der Waals surface area contributed by atoms with Gasteiger partial charge >= 0.3 is 0 Å². The van der Waals surface area contributed by atoms with Crippen molar-refractivity contribution < 1.29 is 0 Å². The van der Waals surface area contributed by atoms with Crippen molar-refractivity contribution in [3.8, 4) is 0 Å². The van der Waals surface area contributed by atoms with E-state index >= 15 is 0 Å². The summed E-state index contributed by atoms with van der Waals surface area (Å²) in [5.41, 5.74) is 7.02. The maximum atomic E-state index is 3.47. The first kappa shape index (κ1) is 15.3. The molecule has 1 N–H and O–H groups in total. The third kappa shape index (κ3) is 3.08. The van der Waals surface area contributed by atoms with Crippen molar-refractivity contribution in [3.63, 3.8) is 0 Å². The normalized spacial score (nSPS) is 17.4. The molecule has 2 heteroatoms. The van der Waals surface area contributed by atoms with E-state index in [1.165, 1.54) is 27.8 Å². The molecule has 1 atom stereocenters. The molecule has 3 rings (SSSR count). The predicted molar refractivity (Wildman–Crippen MR) is 93.4 cm³/mol. The van der Waals surface area contributed by atoms with Gasteiger partial charge in [-0.15, -0.1) is 0 Å². The van der Waals surface area contributed by atoms with Gasteiger partial charge in [-0.25, -0.2) is 0 Å². The van der Waals surface area contributed by atoms with Crippen LogP contribution in [-0.2, 0) is 0 Å². The van der Waals surface area contributed by atoms with Gasteiger partial charge in [-0.05, 0) is 48.6 Å². The fraction of sp³-hybridized carbons (Fsp3) is 0.400. The second-order valence-corrected chi connectivity index (χ2v) is 6.39. The summed E-state index contributed by atoms with van der Waals surface area (Å²) in [4.78, 5) is 2.61. The zero-order chi connectivity index (χ0) is 15.5. The molecule has 1 aliphatic rings. The number of benzene rings is 2. The van der Waals surface area contributed by atoms with Gasteiger partial charge in [-0.2, -0.15) is 0 Å². The first-order chi connectivity index (χ1) is 10.7. The summed E-state index contributed by atoms with van der Waals surface area (Å²) < 4.78 is 0. The van der Waals surface area contributed by atoms with E-state index in [1.54, 1.807) is 0 Å². The molecule has 1 unspecified atom stereocenters. The fourth-order valence-electron chi connectivity index (χ4n) is 3.44. The second kappa shape index (κ2) is 6.64. The molecular weight excluding hydrogens is 268 g/mol. The predicted octanol–water partition coefficient (Wildman–Crippen LogP) is 3.61. The van der Waals surface area contributed by atoms with Gasteiger partial charge in [0.15, 0.2) is 0 Å². The highest BCUT2D eigenvalue weighted by Gasteiger charge is 2.25. The summed E-state index contributed by atoms with van der Waals surface area (Å²) in [5, 5.41) is 3.47. The van der Waals surface area contributed by atoms with E-state index < -0.39 is 0 Å². The fourth-order valence-corrected chi connectivity index (χ4v) is 3.44. The van der Waals surface area contributed by atoms with Crippen LogP contribution < -0.4 is 5.32 Å². The molecule has 2 aromatic rings. The molecule has 2 aromatic carbocycles. The van der Waals surface area contributed by atoms with Crippen LogP contribution >= 0.6 is 0 Å². The molecular formula is C20H26N2. The Hall–Kier alpha value is -1.64. The Kier molecular flexibility index (Phi) is 4.60. The minimum atomic E-state index is 0.364. The third-order valence-corrected chi connectivity index (χ3v) is 4.81. The van der Waals surface area contributed by atoms with Gasteiger partial charge in [-0.3, -0.25) is 4.90 Å². The van der Waals surface area contributed by atoms with E-state index in [9.17, 15) is 0 Å². The lowest BCUT2D eigenvalue weighted by molar-refractivity contribution is 0.198. The van der Waals surface area contributed by atoms with Crippen LogP contribution in [0.15, 0.2) is 42.5 Å². The molecule has 2 nitrogen and oxygen atoms in total. The van der Waals surface area contributed by atoms with E-state index in [4.69, 9.17) is 0 Å². The van der Waals surface area contributed by atoms with Crippen molar-refractivity contribution in [1.29, 1.82) is 0 Å². The number of aryl methyl sites for hydroxylation is 3. The van der Waals surface area contributed by atoms with Gasteiger partial charge in [-0.1, -0.05) is 42.5 Å². The van der Waals surface area contributed by atoms with E-state index in [0.29, 0.717) is 6.04 Å². The number of piperazine rings is 1. The smallest absolute Gasteiger partial charge is 0.0605 e. The van der Waals surface area contributed by atoms with E-state index in [2.05, 4.69) is 73.5 Å². The summed E-state index contributed by atoms with van der Waals surface area (Å²) >= 11 is 0. The molecule has 1 aliphatic heterocycles. The van der Waals surface area contributed by atoms with Crippen LogP contribution in [0.2, 0.25) is 0 Å². The molecule has 116 valence electrons. The third-order valence-electron chi connectivity index (χ3n) is 4.81. The molecule has 0 bridgehead atoms. The summed E-state index contributed by atoms with van der Waals surface area (Å²) in [6.45, 7) is 11.0. The summed E-state index contributed by atoms with van der Waals surface area (Å²) in [5.74, 6) is 0. The number of nitrogens with one attached hydrogen (secondary N) is 1. The quantitative estimate of drug-likeness (QED) is 0.930. The van der Waals surface area contributed by atoms with Crippen LogP contribution in [0.5, 0.6) is 0 Å². The Morgan fingerprint density at radius 3 is 2.18 bits per heavy atom. The van der Waals surface area contributed by atoms with Gasteiger partial charge < -0.3 is 5.32 Å². The molecule has 0 radical (unpaired) electrons. The minimum Gasteiger partial charge on any atom is -0.314 e. The van der Waals surface area contributed by atoms with Crippen LogP contribution in [-0.4, -0.2) is 31.1 Å². The van der Waals surface area contributed by atoms with Gasteiger partial charge in [0.2, 0.25) is 0 Å². The monoisotopic (exact) mass is 294 g/mol. The molecule has 1 fully saturated rings. The Bertz CT molecular complexity index is 628. The van der Waals surface area contributed by atoms with E-state index in [-0.39, 0.29) is 0 Å². The van der Waals surface area contributed by atoms with Gasteiger partial charge in [0.05, 0.1) is 6.04 Å². The summed E-state index contributed by atoms with van der Waals surface area (Å²) in [6.07, 6.45) is 0. The van der Waals surface area contributed by atoms with Gasteiger partial charge in [0, 0.05) is 26.2 Å². The lowest BCUT2D eigenvalue weighted by Crippen LogP contribution is -2.45. The molecule has 0 spiro atoms. The zero-order valence-electron chi connectivity index (χ0n) is 13.9. The average molecular weight is 294 g/mol. The van der Waals surface area contributed by atoms with Gasteiger partial charge in [0.1, 0.15) is 0 Å². The molecule has 0 aliphatic carbocycles. The van der Waals surface area contributed by atoms with Crippen LogP contribution in [0.3, 0.4) is 0 Å².